The topological polar surface area (TPSA) is 55.4 Å². The summed E-state index contributed by atoms with van der Waals surface area (Å²) in [5, 5.41) is 2.44. The summed E-state index contributed by atoms with van der Waals surface area (Å²) in [6.07, 6.45) is 0. The van der Waals surface area contributed by atoms with E-state index < -0.39 is 11.8 Å². The van der Waals surface area contributed by atoms with E-state index in [1.54, 1.807) is 42.5 Å². The van der Waals surface area contributed by atoms with Gasteiger partial charge in [0.15, 0.2) is 0 Å². The van der Waals surface area contributed by atoms with Gasteiger partial charge in [-0.3, -0.25) is 9.59 Å². The molecule has 114 valence electrons. The average Bonchev–Trinajstić information content (AvgIpc) is 2.54. The molecule has 0 aromatic heterocycles. The molecule has 2 rings (SSSR count). The average molecular weight is 366 g/mol. The van der Waals surface area contributed by atoms with Crippen LogP contribution in [0.2, 0.25) is 0 Å². The molecule has 2 aromatic rings. The first-order chi connectivity index (χ1) is 10.6. The number of amides is 1. The van der Waals surface area contributed by atoms with E-state index in [9.17, 15) is 14.0 Å². The SMILES string of the molecule is O=C(CNC(=O)c1ccccc1)OCc1cccc(Br)c1F. The van der Waals surface area contributed by atoms with Gasteiger partial charge in [-0.2, -0.15) is 0 Å². The number of esters is 1. The number of carbonyl (C=O) groups is 2. The lowest BCUT2D eigenvalue weighted by Gasteiger charge is -2.08. The van der Waals surface area contributed by atoms with Crippen LogP contribution < -0.4 is 5.32 Å². The zero-order valence-corrected chi connectivity index (χ0v) is 13.1. The Kier molecular flexibility index (Phi) is 5.66. The number of benzene rings is 2. The maximum atomic E-state index is 13.7. The summed E-state index contributed by atoms with van der Waals surface area (Å²) in [4.78, 5) is 23.3. The van der Waals surface area contributed by atoms with Crippen molar-refractivity contribution < 1.29 is 18.7 Å². The van der Waals surface area contributed by atoms with Crippen LogP contribution >= 0.6 is 15.9 Å². The van der Waals surface area contributed by atoms with Crippen molar-refractivity contribution in [2.75, 3.05) is 6.54 Å². The van der Waals surface area contributed by atoms with Crippen LogP contribution in [0.25, 0.3) is 0 Å². The van der Waals surface area contributed by atoms with Gasteiger partial charge in [-0.05, 0) is 34.1 Å². The second-order valence-corrected chi connectivity index (χ2v) is 5.28. The molecule has 6 heteroatoms. The van der Waals surface area contributed by atoms with E-state index in [4.69, 9.17) is 4.74 Å². The molecule has 0 bridgehead atoms. The molecule has 2 aromatic carbocycles. The maximum absolute atomic E-state index is 13.7. The molecule has 0 radical (unpaired) electrons. The van der Waals surface area contributed by atoms with E-state index in [0.717, 1.165) is 0 Å². The van der Waals surface area contributed by atoms with E-state index in [2.05, 4.69) is 21.2 Å². The van der Waals surface area contributed by atoms with Crippen LogP contribution in [0.1, 0.15) is 15.9 Å². The predicted octanol–water partition coefficient (Wildman–Crippen LogP) is 3.06. The molecule has 1 amide bonds. The molecular weight excluding hydrogens is 353 g/mol. The van der Waals surface area contributed by atoms with Crippen LogP contribution in [-0.2, 0) is 16.1 Å². The number of carbonyl (C=O) groups excluding carboxylic acids is 2. The minimum absolute atomic E-state index is 0.189. The number of hydrogen-bond acceptors (Lipinski definition) is 3. The molecule has 0 fully saturated rings. The van der Waals surface area contributed by atoms with Gasteiger partial charge in [-0.15, -0.1) is 0 Å². The Morgan fingerprint density at radius 3 is 2.55 bits per heavy atom. The second kappa shape index (κ2) is 7.70. The van der Waals surface area contributed by atoms with Crippen molar-refractivity contribution in [1.82, 2.24) is 5.32 Å². The first kappa shape index (κ1) is 16.2. The minimum atomic E-state index is -0.636. The van der Waals surface area contributed by atoms with Crippen molar-refractivity contribution in [3.8, 4) is 0 Å². The van der Waals surface area contributed by atoms with Crippen LogP contribution in [0.5, 0.6) is 0 Å². The van der Waals surface area contributed by atoms with Crippen LogP contribution in [0.15, 0.2) is 53.0 Å². The van der Waals surface area contributed by atoms with Gasteiger partial charge in [0.2, 0.25) is 0 Å². The summed E-state index contributed by atoms with van der Waals surface area (Å²) in [7, 11) is 0. The van der Waals surface area contributed by atoms with Crippen molar-refractivity contribution in [2.45, 2.75) is 6.61 Å². The fraction of sp³-hybridized carbons (Fsp3) is 0.125. The summed E-state index contributed by atoms with van der Waals surface area (Å²) in [6, 6.07) is 13.2. The van der Waals surface area contributed by atoms with E-state index >= 15 is 0 Å². The highest BCUT2D eigenvalue weighted by Gasteiger charge is 2.11. The monoisotopic (exact) mass is 365 g/mol. The molecule has 22 heavy (non-hydrogen) atoms. The lowest BCUT2D eigenvalue weighted by Crippen LogP contribution is -2.30. The summed E-state index contributed by atoms with van der Waals surface area (Å²) >= 11 is 3.06. The van der Waals surface area contributed by atoms with Crippen LogP contribution in [-0.4, -0.2) is 18.4 Å². The number of hydrogen-bond donors (Lipinski definition) is 1. The van der Waals surface area contributed by atoms with Gasteiger partial charge in [-0.1, -0.05) is 30.3 Å². The molecule has 0 aliphatic carbocycles. The Morgan fingerprint density at radius 1 is 1.09 bits per heavy atom. The van der Waals surface area contributed by atoms with Gasteiger partial charge in [0, 0.05) is 11.1 Å². The molecule has 0 saturated carbocycles. The highest BCUT2D eigenvalue weighted by Crippen LogP contribution is 2.19. The summed E-state index contributed by atoms with van der Waals surface area (Å²) < 4.78 is 18.9. The number of rotatable bonds is 5. The van der Waals surface area contributed by atoms with Crippen molar-refractivity contribution >= 4 is 27.8 Å². The Morgan fingerprint density at radius 2 is 1.82 bits per heavy atom. The molecule has 4 nitrogen and oxygen atoms in total. The maximum Gasteiger partial charge on any atom is 0.325 e. The van der Waals surface area contributed by atoms with E-state index in [0.29, 0.717) is 10.0 Å². The van der Waals surface area contributed by atoms with Gasteiger partial charge in [0.05, 0.1) is 4.47 Å². The standard InChI is InChI=1S/C16H13BrFNO3/c17-13-8-4-7-12(15(13)18)10-22-14(20)9-19-16(21)11-5-2-1-3-6-11/h1-8H,9-10H2,(H,19,21). The molecule has 0 aliphatic heterocycles. The lowest BCUT2D eigenvalue weighted by molar-refractivity contribution is -0.143. The Bertz CT molecular complexity index is 676. The van der Waals surface area contributed by atoms with Crippen LogP contribution in [0, 0.1) is 5.82 Å². The number of nitrogens with one attached hydrogen (secondary N) is 1. The van der Waals surface area contributed by atoms with Gasteiger partial charge < -0.3 is 10.1 Å². The summed E-state index contributed by atoms with van der Waals surface area (Å²) in [5.74, 6) is -1.47. The van der Waals surface area contributed by atoms with E-state index in [1.165, 1.54) is 6.07 Å². The Labute approximate surface area is 135 Å². The van der Waals surface area contributed by atoms with Crippen LogP contribution in [0.4, 0.5) is 4.39 Å². The number of halogens is 2. The van der Waals surface area contributed by atoms with Gasteiger partial charge >= 0.3 is 5.97 Å². The van der Waals surface area contributed by atoms with Crippen molar-refractivity contribution in [3.63, 3.8) is 0 Å². The smallest absolute Gasteiger partial charge is 0.325 e. The summed E-state index contributed by atoms with van der Waals surface area (Å²) in [6.45, 7) is -0.464. The normalized spacial score (nSPS) is 10.1. The third kappa shape index (κ3) is 4.39. The molecule has 0 unspecified atom stereocenters. The summed E-state index contributed by atoms with van der Waals surface area (Å²) in [5.41, 5.74) is 0.713. The molecule has 0 saturated heterocycles. The van der Waals surface area contributed by atoms with E-state index in [-0.39, 0.29) is 24.6 Å². The third-order valence-corrected chi connectivity index (χ3v) is 3.46. The van der Waals surface area contributed by atoms with Crippen molar-refractivity contribution in [1.29, 1.82) is 0 Å². The van der Waals surface area contributed by atoms with Gasteiger partial charge in [0.1, 0.15) is 19.0 Å². The highest BCUT2D eigenvalue weighted by atomic mass is 79.9. The zero-order valence-electron chi connectivity index (χ0n) is 11.5. The predicted molar refractivity (Wildman–Crippen MR) is 82.7 cm³/mol. The largest absolute Gasteiger partial charge is 0.459 e. The lowest BCUT2D eigenvalue weighted by atomic mass is 10.2. The molecule has 0 atom stereocenters. The van der Waals surface area contributed by atoms with Crippen LogP contribution in [0.3, 0.4) is 0 Å². The fourth-order valence-electron chi connectivity index (χ4n) is 1.71. The van der Waals surface area contributed by atoms with Crippen molar-refractivity contribution in [3.05, 3.63) is 69.9 Å². The fourth-order valence-corrected chi connectivity index (χ4v) is 2.12. The zero-order chi connectivity index (χ0) is 15.9. The first-order valence-electron chi connectivity index (χ1n) is 6.49. The van der Waals surface area contributed by atoms with Gasteiger partial charge in [0.25, 0.3) is 5.91 Å². The number of ether oxygens (including phenoxy) is 1. The highest BCUT2D eigenvalue weighted by molar-refractivity contribution is 9.10. The molecule has 1 N–H and O–H groups in total. The minimum Gasteiger partial charge on any atom is -0.459 e. The van der Waals surface area contributed by atoms with Gasteiger partial charge in [-0.25, -0.2) is 4.39 Å². The third-order valence-electron chi connectivity index (χ3n) is 2.85. The van der Waals surface area contributed by atoms with Crippen molar-refractivity contribution in [2.24, 2.45) is 0 Å². The quantitative estimate of drug-likeness (QED) is 0.828. The molecule has 0 spiro atoms. The Hall–Kier alpha value is -2.21. The second-order valence-electron chi connectivity index (χ2n) is 4.42. The molecule has 0 heterocycles. The Balaban J connectivity index is 1.81. The first-order valence-corrected chi connectivity index (χ1v) is 7.29. The molecule has 0 aliphatic rings. The molecular formula is C16H13BrFNO3. The van der Waals surface area contributed by atoms with E-state index in [1.807, 2.05) is 0 Å².